The summed E-state index contributed by atoms with van der Waals surface area (Å²) in [5.41, 5.74) is 1.14. The van der Waals surface area contributed by atoms with Gasteiger partial charge in [-0.05, 0) is 30.4 Å². The van der Waals surface area contributed by atoms with E-state index in [2.05, 4.69) is 35.0 Å². The molecule has 3 atom stereocenters. The number of rotatable bonds is 5. The molecule has 2 aliphatic rings. The van der Waals surface area contributed by atoms with Crippen LogP contribution in [0.25, 0.3) is 0 Å². The minimum absolute atomic E-state index is 0.182. The smallest absolute Gasteiger partial charge is 0.234 e. The average Bonchev–Trinajstić information content (AvgIpc) is 2.66. The van der Waals surface area contributed by atoms with E-state index >= 15 is 0 Å². The first-order chi connectivity index (χ1) is 12.6. The first-order valence-electron chi connectivity index (χ1n) is 9.98. The van der Waals surface area contributed by atoms with Crippen LogP contribution < -0.4 is 15.0 Å². The molecule has 0 spiro atoms. The van der Waals surface area contributed by atoms with Crippen molar-refractivity contribution in [1.29, 1.82) is 0 Å². The Labute approximate surface area is 157 Å². The number of benzene rings is 1. The molecule has 2 fully saturated rings. The van der Waals surface area contributed by atoms with Crippen LogP contribution in [-0.2, 0) is 4.79 Å². The summed E-state index contributed by atoms with van der Waals surface area (Å²) < 4.78 is 5.47. The van der Waals surface area contributed by atoms with Gasteiger partial charge in [-0.1, -0.05) is 38.8 Å². The van der Waals surface area contributed by atoms with Gasteiger partial charge in [0, 0.05) is 32.2 Å². The number of carbonyl (C=O) groups is 1. The van der Waals surface area contributed by atoms with Crippen LogP contribution in [0.3, 0.4) is 0 Å². The maximum absolute atomic E-state index is 12.5. The Bertz CT molecular complexity index is 599. The number of ether oxygens (including phenoxy) is 1. The molecule has 5 heteroatoms. The van der Waals surface area contributed by atoms with E-state index in [0.29, 0.717) is 24.4 Å². The fourth-order valence-electron chi connectivity index (χ4n) is 4.28. The number of methoxy groups -OCH3 is 1. The quantitative estimate of drug-likeness (QED) is 0.878. The Hall–Kier alpha value is -1.75. The lowest BCUT2D eigenvalue weighted by Crippen LogP contribution is -2.52. The molecular formula is C21H33N3O2. The number of hydrogen-bond donors (Lipinski definition) is 1. The predicted molar refractivity (Wildman–Crippen MR) is 106 cm³/mol. The van der Waals surface area contributed by atoms with Crippen LogP contribution in [0.2, 0.25) is 0 Å². The monoisotopic (exact) mass is 359 g/mol. The third-order valence-electron chi connectivity index (χ3n) is 6.22. The summed E-state index contributed by atoms with van der Waals surface area (Å²) in [7, 11) is 1.71. The Morgan fingerprint density at radius 3 is 2.62 bits per heavy atom. The second kappa shape index (κ2) is 8.76. The van der Waals surface area contributed by atoms with E-state index in [1.165, 1.54) is 12.8 Å². The van der Waals surface area contributed by atoms with Crippen LogP contribution in [0.5, 0.6) is 5.75 Å². The maximum Gasteiger partial charge on any atom is 0.234 e. The van der Waals surface area contributed by atoms with Crippen molar-refractivity contribution in [2.24, 2.45) is 11.8 Å². The third kappa shape index (κ3) is 4.50. The molecule has 1 amide bonds. The van der Waals surface area contributed by atoms with Crippen molar-refractivity contribution in [3.8, 4) is 5.75 Å². The van der Waals surface area contributed by atoms with Crippen LogP contribution in [0.15, 0.2) is 24.3 Å². The van der Waals surface area contributed by atoms with Gasteiger partial charge in [-0.2, -0.15) is 0 Å². The topological polar surface area (TPSA) is 44.8 Å². The lowest BCUT2D eigenvalue weighted by molar-refractivity contribution is -0.123. The second-order valence-electron chi connectivity index (χ2n) is 7.88. The van der Waals surface area contributed by atoms with E-state index in [9.17, 15) is 4.79 Å². The van der Waals surface area contributed by atoms with E-state index in [1.54, 1.807) is 7.11 Å². The molecule has 1 aliphatic carbocycles. The highest BCUT2D eigenvalue weighted by Gasteiger charge is 2.29. The largest absolute Gasteiger partial charge is 0.495 e. The number of carbonyl (C=O) groups excluding carboxylic acids is 1. The molecule has 1 aromatic carbocycles. The highest BCUT2D eigenvalue weighted by atomic mass is 16.5. The Morgan fingerprint density at radius 1 is 1.15 bits per heavy atom. The zero-order valence-corrected chi connectivity index (χ0v) is 16.4. The molecule has 0 radical (unpaired) electrons. The first-order valence-corrected chi connectivity index (χ1v) is 9.98. The molecular weight excluding hydrogens is 326 g/mol. The van der Waals surface area contributed by atoms with Gasteiger partial charge in [0.15, 0.2) is 0 Å². The van der Waals surface area contributed by atoms with Crippen molar-refractivity contribution >= 4 is 11.6 Å². The van der Waals surface area contributed by atoms with E-state index in [4.69, 9.17) is 4.74 Å². The Morgan fingerprint density at radius 2 is 1.88 bits per heavy atom. The molecule has 1 heterocycles. The fourth-order valence-corrected chi connectivity index (χ4v) is 4.28. The SMILES string of the molecule is COc1ccccc1N1CCN(CC(=O)N[C@@H]2CCC[C@H](C)[C@H]2C)CC1. The minimum atomic E-state index is 0.182. The van der Waals surface area contributed by atoms with Gasteiger partial charge in [-0.15, -0.1) is 0 Å². The summed E-state index contributed by atoms with van der Waals surface area (Å²) in [6, 6.07) is 8.50. The van der Waals surface area contributed by atoms with E-state index < -0.39 is 0 Å². The molecule has 1 aromatic rings. The highest BCUT2D eigenvalue weighted by molar-refractivity contribution is 5.78. The Kier molecular flexibility index (Phi) is 6.41. The number of hydrogen-bond acceptors (Lipinski definition) is 4. The number of nitrogens with one attached hydrogen (secondary N) is 1. The van der Waals surface area contributed by atoms with Crippen molar-refractivity contribution in [3.05, 3.63) is 24.3 Å². The van der Waals surface area contributed by atoms with Crippen LogP contribution in [0.4, 0.5) is 5.69 Å². The molecule has 1 aliphatic heterocycles. The molecule has 1 N–H and O–H groups in total. The van der Waals surface area contributed by atoms with Gasteiger partial charge in [0.25, 0.3) is 0 Å². The number of amides is 1. The number of anilines is 1. The average molecular weight is 360 g/mol. The van der Waals surface area contributed by atoms with Crippen molar-refractivity contribution in [1.82, 2.24) is 10.2 Å². The van der Waals surface area contributed by atoms with E-state index in [0.717, 1.165) is 44.0 Å². The van der Waals surface area contributed by atoms with Gasteiger partial charge < -0.3 is 15.0 Å². The van der Waals surface area contributed by atoms with Gasteiger partial charge in [0.05, 0.1) is 19.3 Å². The van der Waals surface area contributed by atoms with E-state index in [1.807, 2.05) is 18.2 Å². The standard InChI is InChI=1S/C21H33N3O2/c1-16-7-6-8-18(17(16)2)22-21(25)15-23-11-13-24(14-12-23)19-9-4-5-10-20(19)26-3/h4-5,9-10,16-18H,6-8,11-15H2,1-3H3,(H,22,25)/t16-,17+,18+/m0/s1. The van der Waals surface area contributed by atoms with Crippen molar-refractivity contribution in [2.45, 2.75) is 39.2 Å². The zero-order chi connectivity index (χ0) is 18.5. The summed E-state index contributed by atoms with van der Waals surface area (Å²) in [6.45, 7) is 8.75. The lowest BCUT2D eigenvalue weighted by Gasteiger charge is -2.37. The van der Waals surface area contributed by atoms with Crippen LogP contribution in [-0.4, -0.2) is 56.7 Å². The molecule has 1 saturated heterocycles. The molecule has 1 saturated carbocycles. The van der Waals surface area contributed by atoms with Crippen LogP contribution in [0.1, 0.15) is 33.1 Å². The minimum Gasteiger partial charge on any atom is -0.495 e. The summed E-state index contributed by atoms with van der Waals surface area (Å²) in [5.74, 6) is 2.38. The first kappa shape index (κ1) is 19.0. The summed E-state index contributed by atoms with van der Waals surface area (Å²) in [5, 5.41) is 3.29. The summed E-state index contributed by atoms with van der Waals surface area (Å²) in [6.07, 6.45) is 3.64. The van der Waals surface area contributed by atoms with Gasteiger partial charge in [-0.25, -0.2) is 0 Å². The predicted octanol–water partition coefficient (Wildman–Crippen LogP) is 2.76. The molecule has 0 aromatic heterocycles. The van der Waals surface area contributed by atoms with Crippen molar-refractivity contribution < 1.29 is 9.53 Å². The fraction of sp³-hybridized carbons (Fsp3) is 0.667. The van der Waals surface area contributed by atoms with Gasteiger partial charge >= 0.3 is 0 Å². The Balaban J connectivity index is 1.47. The zero-order valence-electron chi connectivity index (χ0n) is 16.4. The molecule has 3 rings (SSSR count). The number of nitrogens with zero attached hydrogens (tertiary/aromatic N) is 2. The van der Waals surface area contributed by atoms with E-state index in [-0.39, 0.29) is 5.91 Å². The second-order valence-corrected chi connectivity index (χ2v) is 7.88. The molecule has 0 unspecified atom stereocenters. The maximum atomic E-state index is 12.5. The molecule has 0 bridgehead atoms. The third-order valence-corrected chi connectivity index (χ3v) is 6.22. The lowest BCUT2D eigenvalue weighted by atomic mass is 9.78. The highest BCUT2D eigenvalue weighted by Crippen LogP contribution is 2.30. The summed E-state index contributed by atoms with van der Waals surface area (Å²) in [4.78, 5) is 17.1. The van der Waals surface area contributed by atoms with Gasteiger partial charge in [0.2, 0.25) is 5.91 Å². The summed E-state index contributed by atoms with van der Waals surface area (Å²) >= 11 is 0. The number of piperazine rings is 1. The van der Waals surface area contributed by atoms with Crippen molar-refractivity contribution in [3.63, 3.8) is 0 Å². The molecule has 26 heavy (non-hydrogen) atoms. The van der Waals surface area contributed by atoms with Crippen LogP contribution >= 0.6 is 0 Å². The van der Waals surface area contributed by atoms with Gasteiger partial charge in [-0.3, -0.25) is 9.69 Å². The molecule has 144 valence electrons. The number of para-hydroxylation sites is 2. The normalized spacial score (nSPS) is 27.2. The molecule has 5 nitrogen and oxygen atoms in total. The van der Waals surface area contributed by atoms with Gasteiger partial charge in [0.1, 0.15) is 5.75 Å². The van der Waals surface area contributed by atoms with Crippen molar-refractivity contribution in [2.75, 3.05) is 44.7 Å². The van der Waals surface area contributed by atoms with Crippen LogP contribution in [0, 0.1) is 11.8 Å².